The van der Waals surface area contributed by atoms with Crippen LogP contribution in [0, 0.1) is 5.92 Å². The summed E-state index contributed by atoms with van der Waals surface area (Å²) in [6, 6.07) is 0. The first-order valence-electron chi connectivity index (χ1n) is 6.48. The molecule has 2 aliphatic rings. The largest absolute Gasteiger partial charge is 0.309 e. The molecule has 1 saturated carbocycles. The Hall–Kier alpha value is -0.0800. The molecule has 0 aromatic carbocycles. The normalized spacial score (nSPS) is 36.8. The Bertz CT molecular complexity index is 233. The van der Waals surface area contributed by atoms with Gasteiger partial charge in [-0.25, -0.2) is 0 Å². The predicted molar refractivity (Wildman–Crippen MR) is 65.1 cm³/mol. The van der Waals surface area contributed by atoms with Crippen LogP contribution in [0.25, 0.3) is 0 Å². The van der Waals surface area contributed by atoms with Gasteiger partial charge in [0.05, 0.1) is 0 Å². The minimum absolute atomic E-state index is 0.295. The second-order valence-electron chi connectivity index (χ2n) is 6.29. The molecular formula is C13H26N2. The Kier molecular flexibility index (Phi) is 2.85. The highest BCUT2D eigenvalue weighted by Gasteiger charge is 2.49. The standard InChI is InChI=1S/C13H26N2/c1-5-8-15-10-12(2,3)14-9-13(15,4)11-6-7-11/h11,14H,5-10H2,1-4H3. The highest BCUT2D eigenvalue weighted by atomic mass is 15.3. The summed E-state index contributed by atoms with van der Waals surface area (Å²) in [7, 11) is 0. The van der Waals surface area contributed by atoms with E-state index >= 15 is 0 Å². The van der Waals surface area contributed by atoms with Crippen LogP contribution in [0.4, 0.5) is 0 Å². The Morgan fingerprint density at radius 1 is 1.27 bits per heavy atom. The molecule has 1 heterocycles. The van der Waals surface area contributed by atoms with Crippen LogP contribution in [0.5, 0.6) is 0 Å². The summed E-state index contributed by atoms with van der Waals surface area (Å²) in [6.45, 7) is 13.0. The Labute approximate surface area is 94.4 Å². The topological polar surface area (TPSA) is 15.3 Å². The van der Waals surface area contributed by atoms with Crippen LogP contribution < -0.4 is 5.32 Å². The van der Waals surface area contributed by atoms with Crippen molar-refractivity contribution in [3.8, 4) is 0 Å². The maximum Gasteiger partial charge on any atom is 0.0334 e. The molecule has 1 aliphatic carbocycles. The van der Waals surface area contributed by atoms with Crippen LogP contribution in [0.1, 0.15) is 47.0 Å². The summed E-state index contributed by atoms with van der Waals surface area (Å²) in [4.78, 5) is 2.74. The van der Waals surface area contributed by atoms with E-state index in [9.17, 15) is 0 Å². The van der Waals surface area contributed by atoms with Crippen LogP contribution in [-0.4, -0.2) is 35.6 Å². The summed E-state index contributed by atoms with van der Waals surface area (Å²) < 4.78 is 0. The second kappa shape index (κ2) is 3.74. The van der Waals surface area contributed by atoms with E-state index in [4.69, 9.17) is 0 Å². The van der Waals surface area contributed by atoms with Crippen LogP contribution in [0.2, 0.25) is 0 Å². The monoisotopic (exact) mass is 210 g/mol. The van der Waals surface area contributed by atoms with Gasteiger partial charge in [-0.15, -0.1) is 0 Å². The molecule has 0 bridgehead atoms. The molecule has 0 amide bonds. The first-order valence-corrected chi connectivity index (χ1v) is 6.48. The molecule has 1 saturated heterocycles. The molecule has 1 aliphatic heterocycles. The number of nitrogens with zero attached hydrogens (tertiary/aromatic N) is 1. The van der Waals surface area contributed by atoms with Crippen molar-refractivity contribution in [2.45, 2.75) is 58.0 Å². The zero-order valence-corrected chi connectivity index (χ0v) is 10.8. The Morgan fingerprint density at radius 2 is 1.93 bits per heavy atom. The lowest BCUT2D eigenvalue weighted by molar-refractivity contribution is 0.0121. The molecule has 2 fully saturated rings. The third-order valence-electron chi connectivity index (χ3n) is 4.18. The van der Waals surface area contributed by atoms with Gasteiger partial charge in [-0.3, -0.25) is 4.90 Å². The first-order chi connectivity index (χ1) is 6.98. The van der Waals surface area contributed by atoms with E-state index in [1.165, 1.54) is 38.9 Å². The van der Waals surface area contributed by atoms with Crippen LogP contribution in [-0.2, 0) is 0 Å². The summed E-state index contributed by atoms with van der Waals surface area (Å²) >= 11 is 0. The van der Waals surface area contributed by atoms with Crippen molar-refractivity contribution in [3.05, 3.63) is 0 Å². The van der Waals surface area contributed by atoms with Crippen LogP contribution >= 0.6 is 0 Å². The molecular weight excluding hydrogens is 184 g/mol. The van der Waals surface area contributed by atoms with Gasteiger partial charge in [0.1, 0.15) is 0 Å². The lowest BCUT2D eigenvalue weighted by atomic mass is 9.86. The summed E-state index contributed by atoms with van der Waals surface area (Å²) in [5.74, 6) is 0.952. The fourth-order valence-electron chi connectivity index (χ4n) is 2.96. The number of piperazine rings is 1. The molecule has 0 aromatic rings. The predicted octanol–water partition coefficient (Wildman–Crippen LogP) is 2.25. The van der Waals surface area contributed by atoms with Gasteiger partial charge in [0, 0.05) is 24.2 Å². The van der Waals surface area contributed by atoms with Crippen molar-refractivity contribution in [3.63, 3.8) is 0 Å². The van der Waals surface area contributed by atoms with Crippen LogP contribution in [0.15, 0.2) is 0 Å². The van der Waals surface area contributed by atoms with Gasteiger partial charge in [0.2, 0.25) is 0 Å². The van der Waals surface area contributed by atoms with Gasteiger partial charge in [-0.2, -0.15) is 0 Å². The third kappa shape index (κ3) is 2.21. The Balaban J connectivity index is 2.09. The molecule has 1 atom stereocenters. The molecule has 2 heteroatoms. The molecule has 0 spiro atoms. The molecule has 0 aromatic heterocycles. The molecule has 88 valence electrons. The fraction of sp³-hybridized carbons (Fsp3) is 1.00. The van der Waals surface area contributed by atoms with Gasteiger partial charge in [-0.1, -0.05) is 6.92 Å². The molecule has 15 heavy (non-hydrogen) atoms. The zero-order valence-electron chi connectivity index (χ0n) is 10.8. The molecule has 1 unspecified atom stereocenters. The highest BCUT2D eigenvalue weighted by Crippen LogP contribution is 2.44. The van der Waals surface area contributed by atoms with Crippen molar-refractivity contribution in [2.24, 2.45) is 5.92 Å². The second-order valence-corrected chi connectivity index (χ2v) is 6.29. The third-order valence-corrected chi connectivity index (χ3v) is 4.18. The minimum Gasteiger partial charge on any atom is -0.309 e. The van der Waals surface area contributed by atoms with Crippen molar-refractivity contribution in [1.29, 1.82) is 0 Å². The maximum absolute atomic E-state index is 3.72. The lowest BCUT2D eigenvalue weighted by Crippen LogP contribution is -2.68. The van der Waals surface area contributed by atoms with Crippen molar-refractivity contribution in [1.82, 2.24) is 10.2 Å². The minimum atomic E-state index is 0.295. The van der Waals surface area contributed by atoms with Crippen molar-refractivity contribution >= 4 is 0 Å². The molecule has 1 N–H and O–H groups in total. The van der Waals surface area contributed by atoms with Gasteiger partial charge in [0.15, 0.2) is 0 Å². The number of hydrogen-bond donors (Lipinski definition) is 1. The number of rotatable bonds is 3. The smallest absolute Gasteiger partial charge is 0.0334 e. The van der Waals surface area contributed by atoms with Gasteiger partial charge in [0.25, 0.3) is 0 Å². The lowest BCUT2D eigenvalue weighted by Gasteiger charge is -2.52. The molecule has 2 rings (SSSR count). The van der Waals surface area contributed by atoms with E-state index in [0.717, 1.165) is 5.92 Å². The van der Waals surface area contributed by atoms with Crippen molar-refractivity contribution < 1.29 is 0 Å². The van der Waals surface area contributed by atoms with E-state index in [-0.39, 0.29) is 0 Å². The fourth-order valence-corrected chi connectivity index (χ4v) is 2.96. The van der Waals surface area contributed by atoms with Gasteiger partial charge < -0.3 is 5.32 Å². The van der Waals surface area contributed by atoms with E-state index in [1.807, 2.05) is 0 Å². The SMILES string of the molecule is CCCN1CC(C)(C)NCC1(C)C1CC1. The quantitative estimate of drug-likeness (QED) is 0.768. The number of hydrogen-bond acceptors (Lipinski definition) is 2. The summed E-state index contributed by atoms with van der Waals surface area (Å²) in [6.07, 6.45) is 4.16. The van der Waals surface area contributed by atoms with E-state index in [0.29, 0.717) is 11.1 Å². The number of nitrogens with one attached hydrogen (secondary N) is 1. The molecule has 0 radical (unpaired) electrons. The van der Waals surface area contributed by atoms with Crippen LogP contribution in [0.3, 0.4) is 0 Å². The van der Waals surface area contributed by atoms with Gasteiger partial charge >= 0.3 is 0 Å². The van der Waals surface area contributed by atoms with E-state index < -0.39 is 0 Å². The Morgan fingerprint density at radius 3 is 2.47 bits per heavy atom. The van der Waals surface area contributed by atoms with Crippen molar-refractivity contribution in [2.75, 3.05) is 19.6 Å². The van der Waals surface area contributed by atoms with E-state index in [2.05, 4.69) is 37.9 Å². The molecule has 2 nitrogen and oxygen atoms in total. The first kappa shape index (κ1) is 11.4. The maximum atomic E-state index is 3.72. The van der Waals surface area contributed by atoms with E-state index in [1.54, 1.807) is 0 Å². The average Bonchev–Trinajstić information content (AvgIpc) is 2.95. The summed E-state index contributed by atoms with van der Waals surface area (Å²) in [5.41, 5.74) is 0.731. The highest BCUT2D eigenvalue weighted by molar-refractivity contribution is 5.06. The summed E-state index contributed by atoms with van der Waals surface area (Å²) in [5, 5.41) is 3.72. The van der Waals surface area contributed by atoms with Gasteiger partial charge in [-0.05, 0) is 52.5 Å². The zero-order chi connectivity index (χ0) is 11.1. The average molecular weight is 210 g/mol.